The molecule has 0 unspecified atom stereocenters. The molecule has 1 heterocycles. The molecule has 0 amide bonds. The molecule has 3 aromatic rings. The molecule has 7 heteroatoms. The number of esters is 1. The Morgan fingerprint density at radius 1 is 1.04 bits per heavy atom. The normalized spacial score (nSPS) is 10.7. The zero-order chi connectivity index (χ0) is 16.6. The Balaban J connectivity index is 1.94. The fraction of sp³-hybridized carbons (Fsp3) is 0. The van der Waals surface area contributed by atoms with E-state index in [-0.39, 0.29) is 21.9 Å². The molecule has 0 atom stereocenters. The highest BCUT2D eigenvalue weighted by atomic mass is 35.5. The van der Waals surface area contributed by atoms with Gasteiger partial charge in [0.05, 0.1) is 10.6 Å². The number of rotatable bonds is 2. The maximum Gasteiger partial charge on any atom is 0.345 e. The Kier molecular flexibility index (Phi) is 3.83. The Morgan fingerprint density at radius 2 is 1.74 bits per heavy atom. The van der Waals surface area contributed by atoms with Crippen LogP contribution in [0.5, 0.6) is 5.75 Å². The third kappa shape index (κ3) is 3.07. The van der Waals surface area contributed by atoms with Crippen molar-refractivity contribution < 1.29 is 22.7 Å². The van der Waals surface area contributed by atoms with Gasteiger partial charge in [0.2, 0.25) is 0 Å². The van der Waals surface area contributed by atoms with Crippen molar-refractivity contribution in [2.45, 2.75) is 0 Å². The zero-order valence-corrected chi connectivity index (χ0v) is 12.1. The second-order valence-electron chi connectivity index (χ2n) is 4.59. The molecule has 116 valence electrons. The Morgan fingerprint density at radius 3 is 2.52 bits per heavy atom. The quantitative estimate of drug-likeness (QED) is 0.308. The van der Waals surface area contributed by atoms with Gasteiger partial charge in [0.15, 0.2) is 11.6 Å². The number of halogens is 3. The molecule has 0 spiro atoms. The molecule has 0 N–H and O–H groups in total. The molecule has 2 aromatic carbocycles. The Labute approximate surface area is 132 Å². The number of carbonyl (C=O) groups excluding carboxylic acids is 1. The molecule has 0 aliphatic rings. The van der Waals surface area contributed by atoms with E-state index in [2.05, 4.69) is 0 Å². The summed E-state index contributed by atoms with van der Waals surface area (Å²) in [5.74, 6) is -3.28. The van der Waals surface area contributed by atoms with Crippen molar-refractivity contribution in [3.05, 3.63) is 75.1 Å². The van der Waals surface area contributed by atoms with Crippen LogP contribution in [-0.2, 0) is 0 Å². The first-order valence-electron chi connectivity index (χ1n) is 6.35. The Bertz CT molecular complexity index is 981. The summed E-state index contributed by atoms with van der Waals surface area (Å²) in [5.41, 5.74) is -0.649. The summed E-state index contributed by atoms with van der Waals surface area (Å²) in [6, 6.07) is 8.53. The third-order valence-corrected chi connectivity index (χ3v) is 3.35. The van der Waals surface area contributed by atoms with E-state index in [9.17, 15) is 18.4 Å². The van der Waals surface area contributed by atoms with E-state index in [1.807, 2.05) is 0 Å². The maximum absolute atomic E-state index is 13.2. The van der Waals surface area contributed by atoms with Crippen LogP contribution in [0.1, 0.15) is 10.4 Å². The maximum atomic E-state index is 13.2. The van der Waals surface area contributed by atoms with Crippen LogP contribution in [0.2, 0.25) is 5.02 Å². The molecule has 0 saturated carbocycles. The van der Waals surface area contributed by atoms with Gasteiger partial charge >= 0.3 is 11.6 Å². The fourth-order valence-electron chi connectivity index (χ4n) is 1.95. The van der Waals surface area contributed by atoms with Crippen LogP contribution in [0.25, 0.3) is 11.0 Å². The van der Waals surface area contributed by atoms with Gasteiger partial charge in [-0.05, 0) is 30.3 Å². The molecule has 4 nitrogen and oxygen atoms in total. The smallest absolute Gasteiger partial charge is 0.345 e. The lowest BCUT2D eigenvalue weighted by molar-refractivity contribution is 0.0734. The first kappa shape index (κ1) is 15.2. The number of ether oxygens (including phenoxy) is 1. The first-order chi connectivity index (χ1) is 10.9. The van der Waals surface area contributed by atoms with Crippen molar-refractivity contribution in [1.82, 2.24) is 0 Å². The van der Waals surface area contributed by atoms with Crippen molar-refractivity contribution in [3.63, 3.8) is 0 Å². The van der Waals surface area contributed by atoms with Gasteiger partial charge in [-0.2, -0.15) is 0 Å². The minimum atomic E-state index is -1.22. The standard InChI is InChI=1S/C16H7ClF2O4/c17-11-7-13(19)12(18)6-10(11)16(21)22-9-3-1-8-2-4-15(20)23-14(8)5-9/h1-7H. The number of carbonyl (C=O) groups is 1. The van der Waals surface area contributed by atoms with Gasteiger partial charge in [-0.3, -0.25) is 0 Å². The number of benzene rings is 2. The highest BCUT2D eigenvalue weighted by Gasteiger charge is 2.17. The molecule has 0 aliphatic carbocycles. The second kappa shape index (κ2) is 5.81. The van der Waals surface area contributed by atoms with Gasteiger partial charge < -0.3 is 9.15 Å². The molecule has 0 fully saturated rings. The minimum absolute atomic E-state index is 0.0673. The van der Waals surface area contributed by atoms with E-state index in [1.54, 1.807) is 12.1 Å². The molecule has 0 saturated heterocycles. The van der Waals surface area contributed by atoms with Crippen molar-refractivity contribution in [2.24, 2.45) is 0 Å². The predicted octanol–water partition coefficient (Wildman–Crippen LogP) is 3.94. The van der Waals surface area contributed by atoms with E-state index in [0.29, 0.717) is 17.5 Å². The van der Waals surface area contributed by atoms with Crippen molar-refractivity contribution in [1.29, 1.82) is 0 Å². The summed E-state index contributed by atoms with van der Waals surface area (Å²) < 4.78 is 36.2. The lowest BCUT2D eigenvalue weighted by Gasteiger charge is -2.07. The molecular formula is C16H7ClF2O4. The molecule has 0 bridgehead atoms. The summed E-state index contributed by atoms with van der Waals surface area (Å²) in [6.07, 6.45) is 0. The lowest BCUT2D eigenvalue weighted by Crippen LogP contribution is -2.10. The SMILES string of the molecule is O=C(Oc1ccc2ccc(=O)oc2c1)c1cc(F)c(F)cc1Cl. The molecule has 0 aliphatic heterocycles. The number of hydrogen-bond acceptors (Lipinski definition) is 4. The molecule has 1 aromatic heterocycles. The van der Waals surface area contributed by atoms with Gasteiger partial charge in [-0.25, -0.2) is 18.4 Å². The summed E-state index contributed by atoms with van der Waals surface area (Å²) in [4.78, 5) is 23.2. The van der Waals surface area contributed by atoms with Gasteiger partial charge in [0, 0.05) is 17.5 Å². The monoisotopic (exact) mass is 336 g/mol. The molecule has 0 radical (unpaired) electrons. The summed E-state index contributed by atoms with van der Waals surface area (Å²) >= 11 is 5.71. The second-order valence-corrected chi connectivity index (χ2v) is 5.00. The van der Waals surface area contributed by atoms with Crippen LogP contribution in [0.3, 0.4) is 0 Å². The molecule has 23 heavy (non-hydrogen) atoms. The topological polar surface area (TPSA) is 56.5 Å². The van der Waals surface area contributed by atoms with E-state index in [0.717, 1.165) is 0 Å². The molecular weight excluding hydrogens is 330 g/mol. The number of fused-ring (bicyclic) bond motifs is 1. The van der Waals surface area contributed by atoms with Crippen LogP contribution in [0.15, 0.2) is 51.7 Å². The zero-order valence-electron chi connectivity index (χ0n) is 11.3. The van der Waals surface area contributed by atoms with Gasteiger partial charge in [0.1, 0.15) is 11.3 Å². The van der Waals surface area contributed by atoms with E-state index in [1.165, 1.54) is 18.2 Å². The van der Waals surface area contributed by atoms with Crippen LogP contribution in [-0.4, -0.2) is 5.97 Å². The predicted molar refractivity (Wildman–Crippen MR) is 78.8 cm³/mol. The van der Waals surface area contributed by atoms with Gasteiger partial charge in [-0.15, -0.1) is 0 Å². The number of hydrogen-bond donors (Lipinski definition) is 0. The lowest BCUT2D eigenvalue weighted by atomic mass is 10.2. The van der Waals surface area contributed by atoms with Crippen LogP contribution < -0.4 is 10.4 Å². The first-order valence-corrected chi connectivity index (χ1v) is 6.72. The Hall–Kier alpha value is -2.73. The molecule has 3 rings (SSSR count). The van der Waals surface area contributed by atoms with Crippen molar-refractivity contribution in [3.8, 4) is 5.75 Å². The van der Waals surface area contributed by atoms with E-state index in [4.69, 9.17) is 20.8 Å². The summed E-state index contributed by atoms with van der Waals surface area (Å²) in [7, 11) is 0. The van der Waals surface area contributed by atoms with Crippen LogP contribution in [0, 0.1) is 11.6 Å². The fourth-order valence-corrected chi connectivity index (χ4v) is 2.17. The van der Waals surface area contributed by atoms with Gasteiger partial charge in [0.25, 0.3) is 0 Å². The third-order valence-electron chi connectivity index (χ3n) is 3.03. The van der Waals surface area contributed by atoms with E-state index >= 15 is 0 Å². The van der Waals surface area contributed by atoms with Crippen molar-refractivity contribution >= 4 is 28.5 Å². The highest BCUT2D eigenvalue weighted by molar-refractivity contribution is 6.33. The average molecular weight is 337 g/mol. The van der Waals surface area contributed by atoms with Gasteiger partial charge in [-0.1, -0.05) is 11.6 Å². The average Bonchev–Trinajstić information content (AvgIpc) is 2.50. The van der Waals surface area contributed by atoms with Crippen LogP contribution in [0.4, 0.5) is 8.78 Å². The summed E-state index contributed by atoms with van der Waals surface area (Å²) in [5, 5.41) is 0.358. The van der Waals surface area contributed by atoms with Crippen molar-refractivity contribution in [2.75, 3.05) is 0 Å². The summed E-state index contributed by atoms with van der Waals surface area (Å²) in [6.45, 7) is 0. The van der Waals surface area contributed by atoms with E-state index < -0.39 is 23.2 Å². The largest absolute Gasteiger partial charge is 0.423 e. The highest BCUT2D eigenvalue weighted by Crippen LogP contribution is 2.24. The minimum Gasteiger partial charge on any atom is -0.423 e. The van der Waals surface area contributed by atoms with Crippen LogP contribution >= 0.6 is 11.6 Å².